The van der Waals surface area contributed by atoms with E-state index in [4.69, 9.17) is 0 Å². The highest BCUT2D eigenvalue weighted by atomic mass is 32.2. The summed E-state index contributed by atoms with van der Waals surface area (Å²) in [6.07, 6.45) is 11.5. The molecular formula is C18H25NS. The van der Waals surface area contributed by atoms with E-state index in [-0.39, 0.29) is 0 Å². The van der Waals surface area contributed by atoms with Crippen molar-refractivity contribution in [1.29, 1.82) is 0 Å². The fourth-order valence-corrected chi connectivity index (χ4v) is 5.71. The lowest BCUT2D eigenvalue weighted by Gasteiger charge is -2.24. The third-order valence-electron chi connectivity index (χ3n) is 5.55. The summed E-state index contributed by atoms with van der Waals surface area (Å²) in [6, 6.07) is 9.98. The summed E-state index contributed by atoms with van der Waals surface area (Å²) in [5, 5.41) is 4.66. The smallest absolute Gasteiger partial charge is 0.0343 e. The third kappa shape index (κ3) is 2.72. The fraction of sp³-hybridized carbons (Fsp3) is 0.667. The monoisotopic (exact) mass is 287 g/mol. The van der Waals surface area contributed by atoms with E-state index in [2.05, 4.69) is 41.3 Å². The van der Waals surface area contributed by atoms with Crippen LogP contribution in [0.3, 0.4) is 0 Å². The molecule has 3 fully saturated rings. The van der Waals surface area contributed by atoms with Crippen molar-refractivity contribution in [2.24, 2.45) is 11.8 Å². The van der Waals surface area contributed by atoms with Crippen LogP contribution < -0.4 is 5.32 Å². The van der Waals surface area contributed by atoms with Crippen LogP contribution in [0.15, 0.2) is 29.2 Å². The first kappa shape index (κ1) is 13.1. The molecular weight excluding hydrogens is 262 g/mol. The molecule has 0 aliphatic heterocycles. The molecule has 1 N–H and O–H groups in total. The molecule has 1 aromatic rings. The van der Waals surface area contributed by atoms with Gasteiger partial charge < -0.3 is 5.32 Å². The Morgan fingerprint density at radius 2 is 1.70 bits per heavy atom. The normalized spacial score (nSPS) is 32.9. The highest BCUT2D eigenvalue weighted by Crippen LogP contribution is 2.45. The molecule has 3 aliphatic carbocycles. The molecule has 0 aromatic heterocycles. The van der Waals surface area contributed by atoms with E-state index in [0.717, 1.165) is 23.1 Å². The quantitative estimate of drug-likeness (QED) is 0.804. The topological polar surface area (TPSA) is 12.0 Å². The van der Waals surface area contributed by atoms with Crippen molar-refractivity contribution in [2.45, 2.75) is 67.6 Å². The molecule has 3 atom stereocenters. The first-order chi connectivity index (χ1) is 9.87. The van der Waals surface area contributed by atoms with Crippen molar-refractivity contribution in [3.8, 4) is 0 Å². The highest BCUT2D eigenvalue weighted by Gasteiger charge is 2.39. The van der Waals surface area contributed by atoms with Crippen molar-refractivity contribution in [3.63, 3.8) is 0 Å². The van der Waals surface area contributed by atoms with Gasteiger partial charge in [-0.05, 0) is 68.2 Å². The second-order valence-corrected chi connectivity index (χ2v) is 8.35. The van der Waals surface area contributed by atoms with Gasteiger partial charge in [0.2, 0.25) is 0 Å². The first-order valence-electron chi connectivity index (χ1n) is 8.40. The molecule has 3 saturated carbocycles. The van der Waals surface area contributed by atoms with E-state index >= 15 is 0 Å². The number of hydrogen-bond donors (Lipinski definition) is 1. The van der Waals surface area contributed by atoms with Crippen molar-refractivity contribution >= 4 is 17.4 Å². The van der Waals surface area contributed by atoms with Gasteiger partial charge in [0.1, 0.15) is 0 Å². The maximum Gasteiger partial charge on any atom is 0.0343 e. The summed E-state index contributed by atoms with van der Waals surface area (Å²) in [6.45, 7) is 0. The summed E-state index contributed by atoms with van der Waals surface area (Å²) in [4.78, 5) is 1.45. The molecule has 3 aliphatic rings. The molecule has 0 saturated heterocycles. The largest absolute Gasteiger partial charge is 0.382 e. The number of benzene rings is 1. The molecule has 0 spiro atoms. The van der Waals surface area contributed by atoms with Gasteiger partial charge in [0, 0.05) is 21.9 Å². The zero-order valence-corrected chi connectivity index (χ0v) is 13.0. The van der Waals surface area contributed by atoms with Gasteiger partial charge >= 0.3 is 0 Å². The summed E-state index contributed by atoms with van der Waals surface area (Å²) in [7, 11) is 0. The van der Waals surface area contributed by atoms with Crippen LogP contribution >= 0.6 is 11.8 Å². The van der Waals surface area contributed by atoms with Crippen LogP contribution in [0.1, 0.15) is 51.4 Å². The SMILES string of the molecule is c1cc(SC2CCCC2)ccc1NC1CC2CCC1C2. The van der Waals surface area contributed by atoms with Gasteiger partial charge in [-0.1, -0.05) is 19.3 Å². The van der Waals surface area contributed by atoms with Crippen molar-refractivity contribution in [3.05, 3.63) is 24.3 Å². The molecule has 4 rings (SSSR count). The van der Waals surface area contributed by atoms with Crippen LogP contribution in [0, 0.1) is 11.8 Å². The van der Waals surface area contributed by atoms with Crippen molar-refractivity contribution in [2.75, 3.05) is 5.32 Å². The zero-order chi connectivity index (χ0) is 13.4. The fourth-order valence-electron chi connectivity index (χ4n) is 4.46. The van der Waals surface area contributed by atoms with Gasteiger partial charge in [0.05, 0.1) is 0 Å². The number of rotatable bonds is 4. The van der Waals surface area contributed by atoms with Gasteiger partial charge in [-0.3, -0.25) is 0 Å². The molecule has 0 radical (unpaired) electrons. The minimum Gasteiger partial charge on any atom is -0.382 e. The molecule has 20 heavy (non-hydrogen) atoms. The summed E-state index contributed by atoms with van der Waals surface area (Å²) < 4.78 is 0. The Balaban J connectivity index is 1.35. The highest BCUT2D eigenvalue weighted by molar-refractivity contribution is 8.00. The average Bonchev–Trinajstić information content (AvgIpc) is 3.18. The Hall–Kier alpha value is -0.630. The van der Waals surface area contributed by atoms with Gasteiger partial charge in [-0.2, -0.15) is 0 Å². The molecule has 0 amide bonds. The van der Waals surface area contributed by atoms with Crippen LogP contribution in [0.5, 0.6) is 0 Å². The van der Waals surface area contributed by atoms with Gasteiger partial charge in [0.25, 0.3) is 0 Å². The maximum absolute atomic E-state index is 3.78. The van der Waals surface area contributed by atoms with Crippen LogP contribution in [0.2, 0.25) is 0 Å². The Morgan fingerprint density at radius 1 is 0.900 bits per heavy atom. The standard InChI is InChI=1S/C18H25NS/c1-2-4-16(3-1)20-17-9-7-15(8-10-17)19-18-12-13-5-6-14(18)11-13/h7-10,13-14,16,18-19H,1-6,11-12H2. The van der Waals surface area contributed by atoms with Crippen molar-refractivity contribution in [1.82, 2.24) is 0 Å². The Labute approximate surface area is 126 Å². The van der Waals surface area contributed by atoms with E-state index in [1.165, 1.54) is 61.9 Å². The van der Waals surface area contributed by atoms with Crippen LogP contribution in [-0.2, 0) is 0 Å². The Kier molecular flexibility index (Phi) is 3.68. The molecule has 1 aromatic carbocycles. The van der Waals surface area contributed by atoms with Crippen LogP contribution in [0.4, 0.5) is 5.69 Å². The number of anilines is 1. The second kappa shape index (κ2) is 5.63. The lowest BCUT2D eigenvalue weighted by molar-refractivity contribution is 0.440. The van der Waals surface area contributed by atoms with Crippen molar-refractivity contribution < 1.29 is 0 Å². The van der Waals surface area contributed by atoms with Gasteiger partial charge in [-0.25, -0.2) is 0 Å². The van der Waals surface area contributed by atoms with Gasteiger partial charge in [-0.15, -0.1) is 11.8 Å². The Morgan fingerprint density at radius 3 is 2.35 bits per heavy atom. The Bertz CT molecular complexity index is 449. The van der Waals surface area contributed by atoms with E-state index in [1.807, 2.05) is 0 Å². The lowest BCUT2D eigenvalue weighted by atomic mass is 9.95. The zero-order valence-electron chi connectivity index (χ0n) is 12.2. The predicted molar refractivity (Wildman–Crippen MR) is 87.4 cm³/mol. The third-order valence-corrected chi connectivity index (χ3v) is 6.90. The summed E-state index contributed by atoms with van der Waals surface area (Å²) >= 11 is 2.09. The molecule has 0 heterocycles. The van der Waals surface area contributed by atoms with E-state index < -0.39 is 0 Å². The minimum absolute atomic E-state index is 0.752. The number of nitrogens with one attached hydrogen (secondary N) is 1. The second-order valence-electron chi connectivity index (χ2n) is 6.97. The number of thioether (sulfide) groups is 1. The lowest BCUT2D eigenvalue weighted by Crippen LogP contribution is -2.25. The minimum atomic E-state index is 0.752. The molecule has 3 unspecified atom stereocenters. The van der Waals surface area contributed by atoms with Gasteiger partial charge in [0.15, 0.2) is 0 Å². The van der Waals surface area contributed by atoms with E-state index in [0.29, 0.717) is 0 Å². The summed E-state index contributed by atoms with van der Waals surface area (Å²) in [5.41, 5.74) is 1.33. The number of fused-ring (bicyclic) bond motifs is 2. The number of hydrogen-bond acceptors (Lipinski definition) is 2. The predicted octanol–water partition coefficient (Wildman–Crippen LogP) is 5.32. The van der Waals surface area contributed by atoms with Crippen LogP contribution in [-0.4, -0.2) is 11.3 Å². The molecule has 2 bridgehead atoms. The van der Waals surface area contributed by atoms with E-state index in [1.54, 1.807) is 0 Å². The first-order valence-corrected chi connectivity index (χ1v) is 9.28. The van der Waals surface area contributed by atoms with E-state index in [9.17, 15) is 0 Å². The molecule has 108 valence electrons. The summed E-state index contributed by atoms with van der Waals surface area (Å²) in [5.74, 6) is 1.97. The average molecular weight is 287 g/mol. The van der Waals surface area contributed by atoms with Crippen LogP contribution in [0.25, 0.3) is 0 Å². The molecule has 2 heteroatoms. The molecule has 1 nitrogen and oxygen atoms in total. The maximum atomic E-state index is 3.78.